The first-order valence-electron chi connectivity index (χ1n) is 6.23. The van der Waals surface area contributed by atoms with Crippen molar-refractivity contribution < 1.29 is 19.1 Å². The maximum absolute atomic E-state index is 12.4. The fourth-order valence-electron chi connectivity index (χ4n) is 1.80. The summed E-state index contributed by atoms with van der Waals surface area (Å²) in [6, 6.07) is 12.1. The number of benzene rings is 1. The number of amides is 1. The molecule has 0 spiro atoms. The summed E-state index contributed by atoms with van der Waals surface area (Å²) in [6.07, 6.45) is 1.41. The Morgan fingerprint density at radius 3 is 2.45 bits per heavy atom. The van der Waals surface area contributed by atoms with Gasteiger partial charge in [-0.05, 0) is 24.3 Å². The molecule has 1 N–H and O–H groups in total. The number of hydrogen-bond donors (Lipinski definition) is 1. The van der Waals surface area contributed by atoms with Crippen LogP contribution in [0.2, 0.25) is 0 Å². The largest absolute Gasteiger partial charge is 0.481 e. The molecule has 1 atom stereocenters. The van der Waals surface area contributed by atoms with Crippen LogP contribution in [0.25, 0.3) is 0 Å². The smallest absolute Gasteiger partial charge is 0.308 e. The lowest BCUT2D eigenvalue weighted by Gasteiger charge is -2.23. The molecule has 0 aliphatic rings. The van der Waals surface area contributed by atoms with Crippen molar-refractivity contribution >= 4 is 17.6 Å². The highest BCUT2D eigenvalue weighted by Gasteiger charge is 2.24. The van der Waals surface area contributed by atoms with Crippen LogP contribution in [0.5, 0.6) is 0 Å². The van der Waals surface area contributed by atoms with Crippen LogP contribution in [0.15, 0.2) is 53.1 Å². The average molecular weight is 273 g/mol. The third kappa shape index (κ3) is 3.06. The molecule has 0 saturated heterocycles. The molecular weight excluding hydrogens is 258 g/mol. The summed E-state index contributed by atoms with van der Waals surface area (Å²) in [5.74, 6) is -1.78. The van der Waals surface area contributed by atoms with Gasteiger partial charge in [0, 0.05) is 12.2 Å². The van der Waals surface area contributed by atoms with Crippen molar-refractivity contribution in [2.75, 3.05) is 11.4 Å². The van der Waals surface area contributed by atoms with Crippen LogP contribution in [0.4, 0.5) is 5.69 Å². The molecule has 0 aliphatic carbocycles. The summed E-state index contributed by atoms with van der Waals surface area (Å²) in [7, 11) is 0. The van der Waals surface area contributed by atoms with Crippen molar-refractivity contribution in [2.45, 2.75) is 6.92 Å². The van der Waals surface area contributed by atoms with Gasteiger partial charge in [-0.3, -0.25) is 9.59 Å². The Bertz CT molecular complexity index is 577. The summed E-state index contributed by atoms with van der Waals surface area (Å²) < 4.78 is 5.10. The van der Waals surface area contributed by atoms with E-state index in [0.29, 0.717) is 5.69 Å². The van der Waals surface area contributed by atoms with Gasteiger partial charge in [0.1, 0.15) is 0 Å². The molecule has 0 saturated carbocycles. The molecule has 1 amide bonds. The molecule has 1 heterocycles. The number of carboxylic acid groups (broad SMARTS) is 1. The second-order valence-corrected chi connectivity index (χ2v) is 4.47. The first-order valence-corrected chi connectivity index (χ1v) is 6.23. The monoisotopic (exact) mass is 273 g/mol. The van der Waals surface area contributed by atoms with Gasteiger partial charge in [-0.1, -0.05) is 25.1 Å². The van der Waals surface area contributed by atoms with Crippen LogP contribution in [0, 0.1) is 5.92 Å². The van der Waals surface area contributed by atoms with Gasteiger partial charge >= 0.3 is 5.97 Å². The van der Waals surface area contributed by atoms with E-state index in [0.717, 1.165) is 0 Å². The Morgan fingerprint density at radius 2 is 1.90 bits per heavy atom. The SMILES string of the molecule is CC(CN(C(=O)c1ccco1)c1ccccc1)C(=O)O. The van der Waals surface area contributed by atoms with Gasteiger partial charge in [0.05, 0.1) is 12.2 Å². The number of para-hydroxylation sites is 1. The Labute approximate surface area is 116 Å². The van der Waals surface area contributed by atoms with Gasteiger partial charge in [0.2, 0.25) is 0 Å². The number of nitrogens with zero attached hydrogens (tertiary/aromatic N) is 1. The first-order chi connectivity index (χ1) is 9.59. The highest BCUT2D eigenvalue weighted by molar-refractivity contribution is 6.04. The Kier molecular flexibility index (Phi) is 4.20. The molecule has 20 heavy (non-hydrogen) atoms. The van der Waals surface area contributed by atoms with Gasteiger partial charge < -0.3 is 14.4 Å². The molecule has 104 valence electrons. The minimum absolute atomic E-state index is 0.0822. The maximum Gasteiger partial charge on any atom is 0.308 e. The third-order valence-electron chi connectivity index (χ3n) is 2.92. The summed E-state index contributed by atoms with van der Waals surface area (Å²) in [6.45, 7) is 1.65. The van der Waals surface area contributed by atoms with Gasteiger partial charge in [-0.25, -0.2) is 0 Å². The first kappa shape index (κ1) is 13.9. The zero-order chi connectivity index (χ0) is 14.5. The van der Waals surface area contributed by atoms with Gasteiger partial charge in [-0.15, -0.1) is 0 Å². The normalized spacial score (nSPS) is 11.8. The highest BCUT2D eigenvalue weighted by Crippen LogP contribution is 2.19. The zero-order valence-electron chi connectivity index (χ0n) is 11.0. The van der Waals surface area contributed by atoms with Crippen molar-refractivity contribution in [3.8, 4) is 0 Å². The summed E-state index contributed by atoms with van der Waals surface area (Å²) in [5.41, 5.74) is 0.641. The van der Waals surface area contributed by atoms with Crippen LogP contribution >= 0.6 is 0 Å². The summed E-state index contributed by atoms with van der Waals surface area (Å²) >= 11 is 0. The van der Waals surface area contributed by atoms with Gasteiger partial charge in [-0.2, -0.15) is 0 Å². The molecule has 0 fully saturated rings. The van der Waals surface area contributed by atoms with Crippen molar-refractivity contribution in [1.82, 2.24) is 0 Å². The lowest BCUT2D eigenvalue weighted by atomic mass is 10.1. The van der Waals surface area contributed by atoms with Crippen molar-refractivity contribution in [1.29, 1.82) is 0 Å². The Balaban J connectivity index is 2.29. The van der Waals surface area contributed by atoms with E-state index in [1.165, 1.54) is 11.2 Å². The van der Waals surface area contributed by atoms with E-state index >= 15 is 0 Å². The van der Waals surface area contributed by atoms with Crippen molar-refractivity contribution in [3.63, 3.8) is 0 Å². The number of furan rings is 1. The molecule has 0 radical (unpaired) electrons. The van der Waals surface area contributed by atoms with Crippen LogP contribution in [-0.2, 0) is 4.79 Å². The summed E-state index contributed by atoms with van der Waals surface area (Å²) in [5, 5.41) is 9.03. The minimum atomic E-state index is -0.946. The molecule has 2 aromatic rings. The molecule has 0 aliphatic heterocycles. The number of carbonyl (C=O) groups is 2. The van der Waals surface area contributed by atoms with Gasteiger partial charge in [0.15, 0.2) is 5.76 Å². The number of anilines is 1. The molecule has 5 nitrogen and oxygen atoms in total. The van der Waals surface area contributed by atoms with E-state index in [-0.39, 0.29) is 18.2 Å². The predicted octanol–water partition coefficient (Wildman–Crippen LogP) is 2.65. The lowest BCUT2D eigenvalue weighted by Crippen LogP contribution is -2.36. The second kappa shape index (κ2) is 6.06. The van der Waals surface area contributed by atoms with Gasteiger partial charge in [0.25, 0.3) is 5.91 Å². The lowest BCUT2D eigenvalue weighted by molar-refractivity contribution is -0.140. The van der Waals surface area contributed by atoms with Crippen molar-refractivity contribution in [2.24, 2.45) is 5.92 Å². The standard InChI is InChI=1S/C15H15NO4/c1-11(15(18)19)10-16(12-6-3-2-4-7-12)14(17)13-8-5-9-20-13/h2-9,11H,10H2,1H3,(H,18,19). The van der Waals surface area contributed by atoms with Crippen LogP contribution < -0.4 is 4.90 Å². The molecule has 0 bridgehead atoms. The predicted molar refractivity (Wildman–Crippen MR) is 73.6 cm³/mol. The van der Waals surface area contributed by atoms with E-state index in [4.69, 9.17) is 9.52 Å². The van der Waals surface area contributed by atoms with Crippen LogP contribution in [0.3, 0.4) is 0 Å². The number of carboxylic acids is 1. The van der Waals surface area contributed by atoms with E-state index < -0.39 is 11.9 Å². The number of hydrogen-bond acceptors (Lipinski definition) is 3. The average Bonchev–Trinajstić information content (AvgIpc) is 2.98. The fraction of sp³-hybridized carbons (Fsp3) is 0.200. The molecular formula is C15H15NO4. The number of aliphatic carboxylic acids is 1. The maximum atomic E-state index is 12.4. The molecule has 1 aromatic heterocycles. The molecule has 1 aromatic carbocycles. The van der Waals surface area contributed by atoms with E-state index in [1.54, 1.807) is 43.3 Å². The second-order valence-electron chi connectivity index (χ2n) is 4.47. The van der Waals surface area contributed by atoms with Crippen LogP contribution in [0.1, 0.15) is 17.5 Å². The van der Waals surface area contributed by atoms with E-state index in [9.17, 15) is 9.59 Å². The number of rotatable bonds is 5. The van der Waals surface area contributed by atoms with Crippen molar-refractivity contribution in [3.05, 3.63) is 54.5 Å². The molecule has 1 unspecified atom stereocenters. The van der Waals surface area contributed by atoms with E-state index in [2.05, 4.69) is 0 Å². The Hall–Kier alpha value is -2.56. The van der Waals surface area contributed by atoms with Crippen LogP contribution in [-0.4, -0.2) is 23.5 Å². The zero-order valence-corrected chi connectivity index (χ0v) is 11.0. The fourth-order valence-corrected chi connectivity index (χ4v) is 1.80. The molecule has 5 heteroatoms. The summed E-state index contributed by atoms with van der Waals surface area (Å²) in [4.78, 5) is 24.8. The quantitative estimate of drug-likeness (QED) is 0.909. The Morgan fingerprint density at radius 1 is 1.20 bits per heavy atom. The molecule has 2 rings (SSSR count). The number of carbonyl (C=O) groups excluding carboxylic acids is 1. The third-order valence-corrected chi connectivity index (χ3v) is 2.92. The highest BCUT2D eigenvalue weighted by atomic mass is 16.4. The topological polar surface area (TPSA) is 70.8 Å². The minimum Gasteiger partial charge on any atom is -0.481 e. The van der Waals surface area contributed by atoms with E-state index in [1.807, 2.05) is 6.07 Å².